The number of Topliss-reactive ketones (excluding diaryl/α,β-unsaturated/α-hetero) is 1. The Hall–Kier alpha value is -1.14. The van der Waals surface area contributed by atoms with E-state index in [1.54, 1.807) is 13.2 Å². The minimum absolute atomic E-state index is 0.00457. The molecule has 1 aromatic carbocycles. The van der Waals surface area contributed by atoms with Gasteiger partial charge in [0.25, 0.3) is 0 Å². The molecule has 0 unspecified atom stereocenters. The van der Waals surface area contributed by atoms with E-state index in [0.717, 1.165) is 0 Å². The van der Waals surface area contributed by atoms with E-state index in [2.05, 4.69) is 0 Å². The van der Waals surface area contributed by atoms with E-state index >= 15 is 0 Å². The van der Waals surface area contributed by atoms with Gasteiger partial charge in [-0.15, -0.1) is 0 Å². The zero-order chi connectivity index (χ0) is 15.1. The van der Waals surface area contributed by atoms with Gasteiger partial charge in [0.15, 0.2) is 5.78 Å². The molecule has 0 amide bonds. The highest BCUT2D eigenvalue weighted by molar-refractivity contribution is 6.31. The van der Waals surface area contributed by atoms with Crippen molar-refractivity contribution >= 4 is 17.4 Å². The molecule has 5 nitrogen and oxygen atoms in total. The Bertz CT molecular complexity index is 465. The highest BCUT2D eigenvalue weighted by atomic mass is 35.5. The third kappa shape index (κ3) is 4.76. The molecule has 0 saturated carbocycles. The van der Waals surface area contributed by atoms with E-state index in [0.29, 0.717) is 36.8 Å². The smallest absolute Gasteiger partial charge is 0.163 e. The topological polar surface area (TPSA) is 70.0 Å². The van der Waals surface area contributed by atoms with Gasteiger partial charge in [-0.2, -0.15) is 0 Å². The third-order valence-electron chi connectivity index (χ3n) is 2.95. The van der Waals surface area contributed by atoms with Gasteiger partial charge in [-0.25, -0.2) is 0 Å². The molecule has 0 aliphatic rings. The van der Waals surface area contributed by atoms with Crippen LogP contribution in [0.3, 0.4) is 0 Å². The first-order valence-corrected chi connectivity index (χ1v) is 6.71. The molecule has 0 spiro atoms. The van der Waals surface area contributed by atoms with E-state index in [4.69, 9.17) is 21.4 Å². The number of aromatic hydroxyl groups is 1. The second-order valence-corrected chi connectivity index (χ2v) is 4.95. The van der Waals surface area contributed by atoms with Crippen LogP contribution in [-0.2, 0) is 11.3 Å². The summed E-state index contributed by atoms with van der Waals surface area (Å²) in [7, 11) is 1.60. The van der Waals surface area contributed by atoms with Crippen LogP contribution in [0.15, 0.2) is 12.1 Å². The van der Waals surface area contributed by atoms with Crippen molar-refractivity contribution in [1.82, 2.24) is 4.90 Å². The average Bonchev–Trinajstić information content (AvgIpc) is 2.39. The number of phenolic OH excluding ortho intramolecular Hbond substituents is 1. The quantitative estimate of drug-likeness (QED) is 0.715. The van der Waals surface area contributed by atoms with Gasteiger partial charge in [-0.3, -0.25) is 9.69 Å². The van der Waals surface area contributed by atoms with Gasteiger partial charge in [0.2, 0.25) is 0 Å². The van der Waals surface area contributed by atoms with Crippen LogP contribution in [0.2, 0.25) is 5.02 Å². The van der Waals surface area contributed by atoms with Gasteiger partial charge >= 0.3 is 0 Å². The number of carbonyl (C=O) groups excluding carboxylic acids is 1. The number of aliphatic hydroxyl groups is 1. The van der Waals surface area contributed by atoms with Crippen LogP contribution in [0.25, 0.3) is 0 Å². The molecule has 0 radical (unpaired) electrons. The maximum absolute atomic E-state index is 11.5. The van der Waals surface area contributed by atoms with Crippen LogP contribution in [-0.4, -0.2) is 54.3 Å². The Labute approximate surface area is 123 Å². The molecule has 20 heavy (non-hydrogen) atoms. The number of hydrogen-bond acceptors (Lipinski definition) is 5. The molecule has 0 heterocycles. The number of carbonyl (C=O) groups is 1. The fraction of sp³-hybridized carbons (Fsp3) is 0.500. The van der Waals surface area contributed by atoms with Crippen molar-refractivity contribution < 1.29 is 19.7 Å². The van der Waals surface area contributed by atoms with Gasteiger partial charge in [-0.1, -0.05) is 11.6 Å². The van der Waals surface area contributed by atoms with E-state index in [1.165, 1.54) is 13.0 Å². The number of ketones is 1. The number of phenols is 1. The molecule has 2 N–H and O–H groups in total. The largest absolute Gasteiger partial charge is 0.507 e. The summed E-state index contributed by atoms with van der Waals surface area (Å²) < 4.78 is 5.01. The predicted molar refractivity (Wildman–Crippen MR) is 77.4 cm³/mol. The van der Waals surface area contributed by atoms with Crippen molar-refractivity contribution in [3.8, 4) is 5.75 Å². The lowest BCUT2D eigenvalue weighted by atomic mass is 10.1. The number of aliphatic hydroxyl groups excluding tert-OH is 1. The number of nitrogens with zero attached hydrogens (tertiary/aromatic N) is 1. The molecule has 1 rings (SSSR count). The van der Waals surface area contributed by atoms with Crippen molar-refractivity contribution in [3.63, 3.8) is 0 Å². The first kappa shape index (κ1) is 16.9. The normalized spacial score (nSPS) is 11.1. The van der Waals surface area contributed by atoms with Gasteiger partial charge in [0.05, 0.1) is 18.8 Å². The van der Waals surface area contributed by atoms with Crippen molar-refractivity contribution in [2.75, 3.05) is 33.4 Å². The molecular weight excluding hydrogens is 282 g/mol. The van der Waals surface area contributed by atoms with Crippen LogP contribution in [0.4, 0.5) is 0 Å². The zero-order valence-corrected chi connectivity index (χ0v) is 12.5. The van der Waals surface area contributed by atoms with E-state index in [9.17, 15) is 9.90 Å². The zero-order valence-electron chi connectivity index (χ0n) is 11.7. The average molecular weight is 302 g/mol. The van der Waals surface area contributed by atoms with Crippen LogP contribution >= 0.6 is 11.6 Å². The molecule has 0 aliphatic carbocycles. The number of rotatable bonds is 8. The number of hydrogen-bond donors (Lipinski definition) is 2. The van der Waals surface area contributed by atoms with Crippen molar-refractivity contribution in [2.45, 2.75) is 13.5 Å². The van der Waals surface area contributed by atoms with E-state index in [-0.39, 0.29) is 23.7 Å². The predicted octanol–water partition coefficient (Wildman–Crippen LogP) is 1.69. The van der Waals surface area contributed by atoms with E-state index < -0.39 is 0 Å². The lowest BCUT2D eigenvalue weighted by Crippen LogP contribution is -2.30. The Morgan fingerprint density at radius 3 is 2.65 bits per heavy atom. The molecular formula is C14H20ClNO4. The maximum atomic E-state index is 11.5. The Balaban J connectivity index is 2.96. The fourth-order valence-electron chi connectivity index (χ4n) is 1.92. The first-order chi connectivity index (χ1) is 9.49. The Morgan fingerprint density at radius 1 is 1.40 bits per heavy atom. The Kier molecular flexibility index (Phi) is 6.95. The number of halogens is 1. The third-order valence-corrected chi connectivity index (χ3v) is 3.17. The number of methoxy groups -OCH3 is 1. The molecule has 0 fully saturated rings. The summed E-state index contributed by atoms with van der Waals surface area (Å²) >= 11 is 5.97. The molecule has 112 valence electrons. The van der Waals surface area contributed by atoms with Crippen LogP contribution < -0.4 is 0 Å². The van der Waals surface area contributed by atoms with Gasteiger partial charge < -0.3 is 14.9 Å². The summed E-state index contributed by atoms with van der Waals surface area (Å²) in [4.78, 5) is 13.4. The fourth-order valence-corrected chi connectivity index (χ4v) is 2.16. The lowest BCUT2D eigenvalue weighted by Gasteiger charge is -2.22. The first-order valence-electron chi connectivity index (χ1n) is 6.34. The summed E-state index contributed by atoms with van der Waals surface area (Å²) in [6.07, 6.45) is 0. The van der Waals surface area contributed by atoms with Gasteiger partial charge in [-0.05, 0) is 19.1 Å². The maximum Gasteiger partial charge on any atom is 0.163 e. The van der Waals surface area contributed by atoms with E-state index in [1.807, 2.05) is 4.90 Å². The summed E-state index contributed by atoms with van der Waals surface area (Å²) in [6.45, 7) is 3.34. The molecule has 1 aromatic rings. The van der Waals surface area contributed by atoms with Gasteiger partial charge in [0, 0.05) is 37.3 Å². The van der Waals surface area contributed by atoms with Crippen molar-refractivity contribution in [3.05, 3.63) is 28.3 Å². The number of ether oxygens (including phenoxy) is 1. The SMILES string of the molecule is COCCN(CCO)Cc1cc(Cl)cc(C(C)=O)c1O. The van der Waals surface area contributed by atoms with Crippen LogP contribution in [0.1, 0.15) is 22.8 Å². The number of benzene rings is 1. The van der Waals surface area contributed by atoms with Crippen LogP contribution in [0, 0.1) is 0 Å². The Morgan fingerprint density at radius 2 is 2.10 bits per heavy atom. The molecule has 0 bridgehead atoms. The molecule has 0 saturated heterocycles. The summed E-state index contributed by atoms with van der Waals surface area (Å²) in [5, 5.41) is 19.6. The van der Waals surface area contributed by atoms with Crippen molar-refractivity contribution in [1.29, 1.82) is 0 Å². The second-order valence-electron chi connectivity index (χ2n) is 4.51. The standard InChI is InChI=1S/C14H20ClNO4/c1-10(18)13-8-12(15)7-11(14(13)19)9-16(3-5-17)4-6-20-2/h7-8,17,19H,3-6,9H2,1-2H3. The minimum Gasteiger partial charge on any atom is -0.507 e. The van der Waals surface area contributed by atoms with Crippen LogP contribution in [0.5, 0.6) is 5.75 Å². The molecule has 0 atom stereocenters. The van der Waals surface area contributed by atoms with Gasteiger partial charge in [0.1, 0.15) is 5.75 Å². The summed E-state index contributed by atoms with van der Waals surface area (Å²) in [6, 6.07) is 3.08. The molecule has 0 aromatic heterocycles. The minimum atomic E-state index is -0.239. The monoisotopic (exact) mass is 301 g/mol. The molecule has 0 aliphatic heterocycles. The highest BCUT2D eigenvalue weighted by Gasteiger charge is 2.15. The summed E-state index contributed by atoms with van der Waals surface area (Å²) in [5.41, 5.74) is 0.774. The highest BCUT2D eigenvalue weighted by Crippen LogP contribution is 2.28. The lowest BCUT2D eigenvalue weighted by molar-refractivity contribution is 0.101. The second kappa shape index (κ2) is 8.21. The summed E-state index contributed by atoms with van der Waals surface area (Å²) in [5.74, 6) is -0.292. The molecule has 6 heteroatoms. The van der Waals surface area contributed by atoms with Crippen molar-refractivity contribution in [2.24, 2.45) is 0 Å².